The van der Waals surface area contributed by atoms with Crippen molar-refractivity contribution in [2.24, 2.45) is 0 Å². The molecule has 5 rings (SSSR count). The van der Waals surface area contributed by atoms with E-state index in [9.17, 15) is 0 Å². The third-order valence-electron chi connectivity index (χ3n) is 8.97. The third-order valence-corrected chi connectivity index (χ3v) is 8.97. The molecule has 3 aromatic carbocycles. The second-order valence-corrected chi connectivity index (χ2v) is 12.5. The van der Waals surface area contributed by atoms with E-state index < -0.39 is 0 Å². The summed E-state index contributed by atoms with van der Waals surface area (Å²) in [5.41, 5.74) is 7.54. The van der Waals surface area contributed by atoms with Crippen LogP contribution in [0.5, 0.6) is 17.2 Å². The van der Waals surface area contributed by atoms with Crippen molar-refractivity contribution in [3.63, 3.8) is 0 Å². The first kappa shape index (κ1) is 32.6. The van der Waals surface area contributed by atoms with Gasteiger partial charge in [0.2, 0.25) is 0 Å². The third kappa shape index (κ3) is 7.89. The Morgan fingerprint density at radius 3 is 2.27 bits per heavy atom. The number of likely N-dealkylation sites (tertiary alicyclic amines) is 1. The zero-order valence-corrected chi connectivity index (χ0v) is 28.2. The number of hydrogen-bond donors (Lipinski definition) is 0. The molecule has 1 aliphatic carbocycles. The number of benzene rings is 3. The molecule has 0 aromatic heterocycles. The highest BCUT2D eigenvalue weighted by atomic mass is 16.5. The summed E-state index contributed by atoms with van der Waals surface area (Å²) >= 11 is 0. The van der Waals surface area contributed by atoms with Crippen LogP contribution in [0.15, 0.2) is 72.1 Å². The minimum atomic E-state index is 0.196. The van der Waals surface area contributed by atoms with Gasteiger partial charge in [0.15, 0.2) is 17.4 Å². The molecule has 3 aromatic rings. The topological polar surface area (TPSA) is 43.4 Å². The molecular formula is C39H52N2O4. The van der Waals surface area contributed by atoms with Crippen molar-refractivity contribution in [2.75, 3.05) is 38.8 Å². The van der Waals surface area contributed by atoms with Crippen LogP contribution in [0.4, 0.5) is 5.69 Å². The first-order chi connectivity index (χ1) is 21.9. The molecule has 0 unspecified atom stereocenters. The van der Waals surface area contributed by atoms with Gasteiger partial charge in [-0.25, -0.2) is 0 Å². The standard InChI is InChI=1S/C39H52N2O4/c1-7-11-32-25-33(26-37(42-5)38(32)43-6)31-15-9-12-29(24-31)27-41(34-16-18-36(19-17-34)44-8-2)35-20-22-40(23-21-35)39(45-28(3)4)30-13-10-14-30/h9,12,15-19,24-26,28,35H,7-8,10-11,13-14,20-23,27H2,1-6H3. The molecule has 6 nitrogen and oxygen atoms in total. The Morgan fingerprint density at radius 2 is 1.67 bits per heavy atom. The average molecular weight is 613 g/mol. The maximum absolute atomic E-state index is 6.38. The van der Waals surface area contributed by atoms with E-state index in [0.29, 0.717) is 12.6 Å². The van der Waals surface area contributed by atoms with Crippen molar-refractivity contribution in [3.05, 3.63) is 83.2 Å². The summed E-state index contributed by atoms with van der Waals surface area (Å²) in [5.74, 6) is 3.69. The number of methoxy groups -OCH3 is 2. The molecule has 0 amide bonds. The van der Waals surface area contributed by atoms with Crippen molar-refractivity contribution >= 4 is 5.69 Å². The SMILES string of the molecule is CCCc1cc(-c2cccc(CN(c3ccc(OCC)cc3)C3CCN(C(OC(C)C)=C4CCC4)CC3)c2)cc(OC)c1OC. The van der Waals surface area contributed by atoms with Crippen LogP contribution in [0.3, 0.4) is 0 Å². The molecule has 0 spiro atoms. The van der Waals surface area contributed by atoms with E-state index in [1.165, 1.54) is 47.2 Å². The molecule has 45 heavy (non-hydrogen) atoms. The lowest BCUT2D eigenvalue weighted by atomic mass is 9.91. The molecule has 2 fully saturated rings. The lowest BCUT2D eigenvalue weighted by molar-refractivity contribution is 0.0520. The van der Waals surface area contributed by atoms with Gasteiger partial charge in [-0.3, -0.25) is 0 Å². The van der Waals surface area contributed by atoms with Gasteiger partial charge in [0.1, 0.15) is 5.75 Å². The normalized spacial score (nSPS) is 15.1. The lowest BCUT2D eigenvalue weighted by Gasteiger charge is -2.42. The van der Waals surface area contributed by atoms with E-state index in [-0.39, 0.29) is 6.10 Å². The zero-order valence-electron chi connectivity index (χ0n) is 28.2. The summed E-state index contributed by atoms with van der Waals surface area (Å²) in [6.07, 6.45) is 7.99. The number of piperidine rings is 1. The minimum absolute atomic E-state index is 0.196. The average Bonchev–Trinajstić information content (AvgIpc) is 3.03. The lowest BCUT2D eigenvalue weighted by Crippen LogP contribution is -2.45. The van der Waals surface area contributed by atoms with E-state index in [4.69, 9.17) is 18.9 Å². The van der Waals surface area contributed by atoms with E-state index in [2.05, 4.69) is 91.2 Å². The van der Waals surface area contributed by atoms with E-state index >= 15 is 0 Å². The zero-order chi connectivity index (χ0) is 31.8. The summed E-state index contributed by atoms with van der Waals surface area (Å²) in [6, 6.07) is 22.4. The maximum atomic E-state index is 6.38. The summed E-state index contributed by atoms with van der Waals surface area (Å²) in [7, 11) is 3.44. The fourth-order valence-corrected chi connectivity index (χ4v) is 6.60. The van der Waals surface area contributed by atoms with Crippen LogP contribution in [0.1, 0.15) is 77.3 Å². The largest absolute Gasteiger partial charge is 0.494 e. The van der Waals surface area contributed by atoms with Crippen molar-refractivity contribution in [1.82, 2.24) is 4.90 Å². The number of nitrogens with zero attached hydrogens (tertiary/aromatic N) is 2. The molecule has 242 valence electrons. The van der Waals surface area contributed by atoms with Gasteiger partial charge in [0.25, 0.3) is 0 Å². The Labute approximate surface area is 270 Å². The Kier molecular flexibility index (Phi) is 11.2. The first-order valence-corrected chi connectivity index (χ1v) is 16.9. The molecule has 1 saturated carbocycles. The van der Waals surface area contributed by atoms with E-state index in [0.717, 1.165) is 74.0 Å². The molecule has 2 aliphatic rings. The predicted molar refractivity (Wildman–Crippen MR) is 184 cm³/mol. The van der Waals surface area contributed by atoms with Gasteiger partial charge in [0, 0.05) is 31.4 Å². The summed E-state index contributed by atoms with van der Waals surface area (Å²) in [4.78, 5) is 5.11. The number of hydrogen-bond acceptors (Lipinski definition) is 6. The molecule has 0 bridgehead atoms. The molecule has 0 atom stereocenters. The van der Waals surface area contributed by atoms with Gasteiger partial charge in [-0.05, 0) is 130 Å². The molecule has 1 aliphatic heterocycles. The second-order valence-electron chi connectivity index (χ2n) is 12.5. The maximum Gasteiger partial charge on any atom is 0.188 e. The van der Waals surface area contributed by atoms with Gasteiger partial charge < -0.3 is 28.7 Å². The fraction of sp³-hybridized carbons (Fsp3) is 0.487. The van der Waals surface area contributed by atoms with Crippen LogP contribution in [-0.2, 0) is 17.7 Å². The molecule has 1 saturated heterocycles. The summed E-state index contributed by atoms with van der Waals surface area (Å²) < 4.78 is 23.6. The number of allylic oxidation sites excluding steroid dienone is 1. The number of aryl methyl sites for hydroxylation is 1. The molecule has 1 heterocycles. The van der Waals surface area contributed by atoms with Gasteiger partial charge >= 0.3 is 0 Å². The Balaban J connectivity index is 1.41. The fourth-order valence-electron chi connectivity index (χ4n) is 6.60. The van der Waals surface area contributed by atoms with E-state index in [1.807, 2.05) is 6.92 Å². The molecule has 0 radical (unpaired) electrons. The Hall–Kier alpha value is -3.80. The van der Waals surface area contributed by atoms with Crippen molar-refractivity contribution < 1.29 is 18.9 Å². The molecule has 6 heteroatoms. The van der Waals surface area contributed by atoms with Crippen molar-refractivity contribution in [2.45, 2.75) is 91.3 Å². The van der Waals surface area contributed by atoms with Crippen LogP contribution in [0, 0.1) is 0 Å². The summed E-state index contributed by atoms with van der Waals surface area (Å²) in [6.45, 7) is 12.0. The van der Waals surface area contributed by atoms with Crippen LogP contribution in [0.2, 0.25) is 0 Å². The van der Waals surface area contributed by atoms with Crippen molar-refractivity contribution in [3.8, 4) is 28.4 Å². The highest BCUT2D eigenvalue weighted by Crippen LogP contribution is 2.38. The smallest absolute Gasteiger partial charge is 0.188 e. The van der Waals surface area contributed by atoms with Crippen LogP contribution in [-0.4, -0.2) is 51.0 Å². The number of ether oxygens (including phenoxy) is 4. The predicted octanol–water partition coefficient (Wildman–Crippen LogP) is 9.01. The number of anilines is 1. The van der Waals surface area contributed by atoms with Crippen molar-refractivity contribution in [1.29, 1.82) is 0 Å². The van der Waals surface area contributed by atoms with Gasteiger partial charge in [-0.15, -0.1) is 0 Å². The Morgan fingerprint density at radius 1 is 0.911 bits per heavy atom. The van der Waals surface area contributed by atoms with Crippen LogP contribution >= 0.6 is 0 Å². The second kappa shape index (κ2) is 15.5. The Bertz CT molecular complexity index is 1420. The van der Waals surface area contributed by atoms with Crippen LogP contribution < -0.4 is 19.1 Å². The molecule has 0 N–H and O–H groups in total. The summed E-state index contributed by atoms with van der Waals surface area (Å²) in [5, 5.41) is 0. The molecular weight excluding hydrogens is 560 g/mol. The quantitative estimate of drug-likeness (QED) is 0.169. The monoisotopic (exact) mass is 612 g/mol. The van der Waals surface area contributed by atoms with Gasteiger partial charge in [-0.1, -0.05) is 31.5 Å². The van der Waals surface area contributed by atoms with E-state index in [1.54, 1.807) is 14.2 Å². The van der Waals surface area contributed by atoms with Crippen LogP contribution in [0.25, 0.3) is 11.1 Å². The van der Waals surface area contributed by atoms with Gasteiger partial charge in [0.05, 0.1) is 26.9 Å². The highest BCUT2D eigenvalue weighted by Gasteiger charge is 2.30. The highest BCUT2D eigenvalue weighted by molar-refractivity contribution is 5.70. The number of rotatable bonds is 14. The minimum Gasteiger partial charge on any atom is -0.494 e. The first-order valence-electron chi connectivity index (χ1n) is 16.9. The van der Waals surface area contributed by atoms with Gasteiger partial charge in [-0.2, -0.15) is 0 Å².